The van der Waals surface area contributed by atoms with Crippen molar-refractivity contribution >= 4 is 46.6 Å². The lowest BCUT2D eigenvalue weighted by atomic mass is 10.1. The third kappa shape index (κ3) is 8.12. The molecule has 1 N–H and O–H groups in total. The summed E-state index contributed by atoms with van der Waals surface area (Å²) in [6.07, 6.45) is 5.59. The molecular formula is C18H16Cl3N3O4S. The molecule has 1 unspecified atom stereocenters. The fourth-order valence-electron chi connectivity index (χ4n) is 2.25. The number of hydrogen-bond acceptors (Lipinski definition) is 5. The van der Waals surface area contributed by atoms with Crippen molar-refractivity contribution in [2.75, 3.05) is 5.94 Å². The average molecular weight is 477 g/mol. The van der Waals surface area contributed by atoms with Gasteiger partial charge in [-0.15, -0.1) is 10.1 Å². The van der Waals surface area contributed by atoms with Gasteiger partial charge in [-0.2, -0.15) is 0 Å². The Morgan fingerprint density at radius 3 is 2.21 bits per heavy atom. The highest BCUT2D eigenvalue weighted by Gasteiger charge is 2.30. The highest BCUT2D eigenvalue weighted by molar-refractivity contribution is 7.99. The first-order chi connectivity index (χ1) is 13.8. The van der Waals surface area contributed by atoms with E-state index in [4.69, 9.17) is 54.9 Å². The summed E-state index contributed by atoms with van der Waals surface area (Å²) in [6, 6.07) is 15.1. The summed E-state index contributed by atoms with van der Waals surface area (Å²) in [5, 5.41) is 14.0. The first kappa shape index (κ1) is 23.3. The minimum absolute atomic E-state index is 0.386. The Morgan fingerprint density at radius 2 is 1.69 bits per heavy atom. The van der Waals surface area contributed by atoms with Crippen LogP contribution in [0.2, 0.25) is 10.0 Å². The lowest BCUT2D eigenvalue weighted by molar-refractivity contribution is -0.742. The summed E-state index contributed by atoms with van der Waals surface area (Å²) in [6.45, 7) is 0. The van der Waals surface area contributed by atoms with Crippen molar-refractivity contribution in [3.8, 4) is 0 Å². The van der Waals surface area contributed by atoms with Crippen LogP contribution in [0.3, 0.4) is 0 Å². The standard InChI is InChI=1S/C18H15Cl3N2OS.HNO3/c19-15-3-1-14(2-4-15)11-18(21,23-10-9-22-12-23)24-13-25-17-7-5-16(20)6-8-17;2-1(3)4/h1-10,12H,11,13H2;(H,2,3,4). The van der Waals surface area contributed by atoms with E-state index in [9.17, 15) is 0 Å². The van der Waals surface area contributed by atoms with Gasteiger partial charge in [0.15, 0.2) is 0 Å². The van der Waals surface area contributed by atoms with E-state index in [-0.39, 0.29) is 0 Å². The fourth-order valence-corrected chi connectivity index (χ4v) is 3.59. The van der Waals surface area contributed by atoms with Crippen LogP contribution in [0.15, 0.2) is 72.1 Å². The molecule has 0 saturated carbocycles. The largest absolute Gasteiger partial charge is 0.330 e. The predicted molar refractivity (Wildman–Crippen MR) is 113 cm³/mol. The van der Waals surface area contributed by atoms with Crippen molar-refractivity contribution in [3.05, 3.63) is 93.0 Å². The first-order valence-corrected chi connectivity index (χ1v) is 10.2. The molecule has 2 aromatic carbocycles. The molecule has 0 bridgehead atoms. The Bertz CT molecular complexity index is 892. The summed E-state index contributed by atoms with van der Waals surface area (Å²) in [7, 11) is 0. The van der Waals surface area contributed by atoms with Crippen molar-refractivity contribution in [1.82, 2.24) is 9.55 Å². The Balaban J connectivity index is 0.000000687. The van der Waals surface area contributed by atoms with Gasteiger partial charge in [-0.25, -0.2) is 4.98 Å². The van der Waals surface area contributed by atoms with Gasteiger partial charge >= 0.3 is 0 Å². The van der Waals surface area contributed by atoms with E-state index in [1.54, 1.807) is 35.0 Å². The number of thioether (sulfide) groups is 1. The van der Waals surface area contributed by atoms with Crippen LogP contribution in [0.5, 0.6) is 0 Å². The van der Waals surface area contributed by atoms with E-state index in [2.05, 4.69) is 4.98 Å². The summed E-state index contributed by atoms with van der Waals surface area (Å²) in [5.74, 6) is 0.386. The van der Waals surface area contributed by atoms with Crippen LogP contribution in [0.1, 0.15) is 5.56 Å². The Morgan fingerprint density at radius 1 is 1.14 bits per heavy atom. The molecule has 7 nitrogen and oxygen atoms in total. The normalized spacial score (nSPS) is 12.5. The molecule has 29 heavy (non-hydrogen) atoms. The molecule has 0 saturated heterocycles. The van der Waals surface area contributed by atoms with E-state index in [0.717, 1.165) is 10.5 Å². The lowest BCUT2D eigenvalue weighted by Crippen LogP contribution is -2.32. The number of halogens is 3. The predicted octanol–water partition coefficient (Wildman–Crippen LogP) is 5.70. The highest BCUT2D eigenvalue weighted by atomic mass is 35.5. The second-order valence-corrected chi connectivity index (χ2v) is 8.02. The molecule has 3 rings (SSSR count). The minimum Gasteiger partial charge on any atom is -0.330 e. The zero-order valence-electron chi connectivity index (χ0n) is 14.8. The van der Waals surface area contributed by atoms with Gasteiger partial charge in [0.05, 0.1) is 6.33 Å². The number of nitrogens with zero attached hydrogens (tertiary/aromatic N) is 3. The zero-order valence-corrected chi connectivity index (χ0v) is 17.9. The van der Waals surface area contributed by atoms with Crippen LogP contribution in [0.25, 0.3) is 0 Å². The van der Waals surface area contributed by atoms with Gasteiger partial charge in [-0.1, -0.05) is 58.7 Å². The van der Waals surface area contributed by atoms with Crippen molar-refractivity contribution in [2.24, 2.45) is 0 Å². The Hall–Kier alpha value is -1.97. The average Bonchev–Trinajstić information content (AvgIpc) is 3.21. The topological polar surface area (TPSA) is 90.4 Å². The molecule has 0 aliphatic heterocycles. The van der Waals surface area contributed by atoms with Crippen LogP contribution in [-0.4, -0.2) is 25.8 Å². The van der Waals surface area contributed by atoms with Crippen molar-refractivity contribution in [3.63, 3.8) is 0 Å². The van der Waals surface area contributed by atoms with E-state index in [1.165, 1.54) is 0 Å². The van der Waals surface area contributed by atoms with Crippen LogP contribution < -0.4 is 0 Å². The van der Waals surface area contributed by atoms with Gasteiger partial charge in [0.25, 0.3) is 5.09 Å². The Kier molecular flexibility index (Phi) is 9.06. The van der Waals surface area contributed by atoms with E-state index < -0.39 is 10.3 Å². The molecule has 1 heterocycles. The maximum Gasteiger partial charge on any atom is 0.291 e. The second-order valence-electron chi connectivity index (χ2n) is 5.56. The number of ether oxygens (including phenoxy) is 1. The Labute approximate surface area is 186 Å². The van der Waals surface area contributed by atoms with Crippen molar-refractivity contribution in [1.29, 1.82) is 0 Å². The number of imidazole rings is 1. The van der Waals surface area contributed by atoms with Gasteiger partial charge in [0.1, 0.15) is 5.94 Å². The third-order valence-corrected chi connectivity index (χ3v) is 5.33. The molecule has 0 radical (unpaired) electrons. The van der Waals surface area contributed by atoms with Gasteiger partial charge < -0.3 is 9.94 Å². The van der Waals surface area contributed by atoms with Gasteiger partial charge in [0, 0.05) is 33.8 Å². The molecule has 0 aliphatic rings. The van der Waals surface area contributed by atoms with E-state index in [1.807, 2.05) is 48.5 Å². The highest BCUT2D eigenvalue weighted by Crippen LogP contribution is 2.32. The molecule has 11 heteroatoms. The molecule has 0 fully saturated rings. The van der Waals surface area contributed by atoms with Crippen LogP contribution in [0.4, 0.5) is 0 Å². The minimum atomic E-state index is -1.50. The quantitative estimate of drug-likeness (QED) is 0.155. The second kappa shape index (κ2) is 11.3. The molecule has 0 amide bonds. The van der Waals surface area contributed by atoms with Gasteiger partial charge in [0.2, 0.25) is 5.18 Å². The fraction of sp³-hybridized carbons (Fsp3) is 0.167. The smallest absolute Gasteiger partial charge is 0.291 e. The van der Waals surface area contributed by atoms with Gasteiger partial charge in [-0.3, -0.25) is 4.57 Å². The van der Waals surface area contributed by atoms with Crippen molar-refractivity contribution in [2.45, 2.75) is 16.5 Å². The number of hydrogen-bond donors (Lipinski definition) is 1. The molecule has 0 aliphatic carbocycles. The lowest BCUT2D eigenvalue weighted by Gasteiger charge is -2.28. The van der Waals surface area contributed by atoms with Crippen LogP contribution >= 0.6 is 46.6 Å². The SMILES string of the molecule is Clc1ccc(CC(Cl)(OCSc2ccc(Cl)cc2)n2ccnc2)cc1.O=[N+]([O-])O. The van der Waals surface area contributed by atoms with Gasteiger partial charge in [-0.05, 0) is 42.0 Å². The van der Waals surface area contributed by atoms with E-state index in [0.29, 0.717) is 22.4 Å². The summed E-state index contributed by atoms with van der Waals surface area (Å²) in [4.78, 5) is 13.5. The van der Waals surface area contributed by atoms with Crippen LogP contribution in [-0.2, 0) is 16.3 Å². The summed E-state index contributed by atoms with van der Waals surface area (Å²) >= 11 is 20.2. The van der Waals surface area contributed by atoms with Crippen molar-refractivity contribution < 1.29 is 15.0 Å². The number of benzene rings is 2. The third-order valence-electron chi connectivity index (χ3n) is 3.54. The first-order valence-electron chi connectivity index (χ1n) is 8.06. The number of rotatable bonds is 7. The monoisotopic (exact) mass is 475 g/mol. The summed E-state index contributed by atoms with van der Waals surface area (Å²) < 4.78 is 7.78. The van der Waals surface area contributed by atoms with E-state index >= 15 is 0 Å². The van der Waals surface area contributed by atoms with Crippen LogP contribution in [0, 0.1) is 10.1 Å². The number of aromatic nitrogens is 2. The molecule has 1 aromatic heterocycles. The maximum atomic E-state index is 8.36. The number of alkyl halides is 1. The maximum absolute atomic E-state index is 8.36. The molecule has 3 aromatic rings. The summed E-state index contributed by atoms with van der Waals surface area (Å²) in [5.41, 5.74) is 1.02. The molecule has 0 spiro atoms. The molecule has 154 valence electrons. The zero-order chi connectivity index (χ0) is 21.3. The molecular weight excluding hydrogens is 461 g/mol. The molecule has 1 atom stereocenters.